The number of carbonyl (C=O) groups is 1. The molecule has 3 heterocycles. The lowest BCUT2D eigenvalue weighted by atomic mass is 10.0. The zero-order valence-electron chi connectivity index (χ0n) is 17.1. The van der Waals surface area contributed by atoms with E-state index in [1.807, 2.05) is 52.7 Å². The number of amides is 1. The second kappa shape index (κ2) is 9.97. The van der Waals surface area contributed by atoms with Gasteiger partial charge in [-0.15, -0.1) is 21.5 Å². The standard InChI is InChI=1S/C22H26N4O3S/c1-28-14-13-26(16-19-23-24-21(29-19)18-10-7-15-30-18)20(17-8-3-2-4-9-17)22(27)25-11-5-6-12-25/h2-4,7-10,15,20H,5-6,11-14,16H2,1H3/t20-/m0/s1. The van der Waals surface area contributed by atoms with Gasteiger partial charge in [0.15, 0.2) is 0 Å². The van der Waals surface area contributed by atoms with Crippen LogP contribution in [0.3, 0.4) is 0 Å². The van der Waals surface area contributed by atoms with Crippen molar-refractivity contribution in [2.24, 2.45) is 0 Å². The van der Waals surface area contributed by atoms with Gasteiger partial charge in [-0.1, -0.05) is 36.4 Å². The van der Waals surface area contributed by atoms with Crippen LogP contribution in [0.15, 0.2) is 52.3 Å². The fourth-order valence-corrected chi connectivity index (χ4v) is 4.40. The SMILES string of the molecule is COCCN(Cc1nnc(-c2cccs2)o1)[C@H](C(=O)N1CCCC1)c1ccccc1. The molecular formula is C22H26N4O3S. The summed E-state index contributed by atoms with van der Waals surface area (Å²) in [5.74, 6) is 1.12. The molecule has 158 valence electrons. The number of hydrogen-bond acceptors (Lipinski definition) is 7. The molecule has 8 heteroatoms. The van der Waals surface area contributed by atoms with Crippen LogP contribution < -0.4 is 0 Å². The normalized spacial score (nSPS) is 15.1. The summed E-state index contributed by atoms with van der Waals surface area (Å²) in [7, 11) is 1.67. The average molecular weight is 427 g/mol. The van der Waals surface area contributed by atoms with E-state index in [1.165, 1.54) is 0 Å². The Kier molecular flexibility index (Phi) is 6.88. The predicted octanol–water partition coefficient (Wildman–Crippen LogP) is 3.61. The maximum absolute atomic E-state index is 13.5. The zero-order chi connectivity index (χ0) is 20.8. The largest absolute Gasteiger partial charge is 0.419 e. The summed E-state index contributed by atoms with van der Waals surface area (Å²) in [6.07, 6.45) is 2.11. The Morgan fingerprint density at radius 1 is 1.20 bits per heavy atom. The van der Waals surface area contributed by atoms with Gasteiger partial charge in [0, 0.05) is 26.7 Å². The van der Waals surface area contributed by atoms with Crippen molar-refractivity contribution in [3.63, 3.8) is 0 Å². The van der Waals surface area contributed by atoms with Crippen LogP contribution >= 0.6 is 11.3 Å². The van der Waals surface area contributed by atoms with Gasteiger partial charge in [-0.2, -0.15) is 0 Å². The van der Waals surface area contributed by atoms with Gasteiger partial charge < -0.3 is 14.1 Å². The molecule has 1 fully saturated rings. The summed E-state index contributed by atoms with van der Waals surface area (Å²) >= 11 is 1.56. The third kappa shape index (κ3) is 4.77. The van der Waals surface area contributed by atoms with E-state index in [9.17, 15) is 4.79 Å². The summed E-state index contributed by atoms with van der Waals surface area (Å²) in [5.41, 5.74) is 0.962. The van der Waals surface area contributed by atoms with Crippen LogP contribution in [-0.4, -0.2) is 59.3 Å². The van der Waals surface area contributed by atoms with Gasteiger partial charge in [-0.05, 0) is 29.9 Å². The molecular weight excluding hydrogens is 400 g/mol. The Morgan fingerprint density at radius 2 is 2.00 bits per heavy atom. The minimum Gasteiger partial charge on any atom is -0.419 e. The van der Waals surface area contributed by atoms with Crippen LogP contribution in [0, 0.1) is 0 Å². The quantitative estimate of drug-likeness (QED) is 0.521. The van der Waals surface area contributed by atoms with Crippen molar-refractivity contribution in [3.05, 3.63) is 59.3 Å². The summed E-state index contributed by atoms with van der Waals surface area (Å²) in [5, 5.41) is 10.4. The highest BCUT2D eigenvalue weighted by Crippen LogP contribution is 2.28. The molecule has 0 spiro atoms. The minimum atomic E-state index is -0.420. The second-order valence-electron chi connectivity index (χ2n) is 7.29. The number of carbonyl (C=O) groups excluding carboxylic acids is 1. The number of ether oxygens (including phenoxy) is 1. The molecule has 1 aromatic carbocycles. The van der Waals surface area contributed by atoms with Gasteiger partial charge in [0.2, 0.25) is 11.8 Å². The minimum absolute atomic E-state index is 0.118. The molecule has 4 rings (SSSR count). The lowest BCUT2D eigenvalue weighted by Gasteiger charge is -2.32. The third-order valence-electron chi connectivity index (χ3n) is 5.25. The van der Waals surface area contributed by atoms with E-state index in [-0.39, 0.29) is 5.91 Å². The van der Waals surface area contributed by atoms with Crippen molar-refractivity contribution in [2.45, 2.75) is 25.4 Å². The summed E-state index contributed by atoms with van der Waals surface area (Å²) in [6, 6.07) is 13.4. The van der Waals surface area contributed by atoms with Gasteiger partial charge in [-0.25, -0.2) is 0 Å². The Labute approximate surface area is 180 Å². The topological polar surface area (TPSA) is 71.7 Å². The lowest BCUT2D eigenvalue weighted by molar-refractivity contribution is -0.137. The maximum atomic E-state index is 13.5. The molecule has 30 heavy (non-hydrogen) atoms. The number of hydrogen-bond donors (Lipinski definition) is 0. The van der Waals surface area contributed by atoms with Crippen LogP contribution in [0.4, 0.5) is 0 Å². The van der Waals surface area contributed by atoms with Crippen LogP contribution in [0.5, 0.6) is 0 Å². The number of thiophene rings is 1. The van der Waals surface area contributed by atoms with Crippen molar-refractivity contribution >= 4 is 17.2 Å². The first-order valence-corrected chi connectivity index (χ1v) is 11.1. The molecule has 1 amide bonds. The fourth-order valence-electron chi connectivity index (χ4n) is 3.75. The molecule has 1 aliphatic heterocycles. The lowest BCUT2D eigenvalue weighted by Crippen LogP contribution is -2.43. The predicted molar refractivity (Wildman–Crippen MR) is 115 cm³/mol. The summed E-state index contributed by atoms with van der Waals surface area (Å²) < 4.78 is 11.2. The van der Waals surface area contributed by atoms with Gasteiger partial charge in [0.05, 0.1) is 18.0 Å². The maximum Gasteiger partial charge on any atom is 0.257 e. The molecule has 2 aromatic heterocycles. The highest BCUT2D eigenvalue weighted by atomic mass is 32.1. The number of benzene rings is 1. The Bertz CT molecular complexity index is 923. The van der Waals surface area contributed by atoms with Crippen molar-refractivity contribution in [3.8, 4) is 10.8 Å². The molecule has 3 aromatic rings. The Hall–Kier alpha value is -2.55. The van der Waals surface area contributed by atoms with Crippen LogP contribution in [0.25, 0.3) is 10.8 Å². The molecule has 0 unspecified atom stereocenters. The van der Waals surface area contributed by atoms with Gasteiger partial charge in [0.1, 0.15) is 6.04 Å². The van der Waals surface area contributed by atoms with Crippen molar-refractivity contribution in [2.75, 3.05) is 33.4 Å². The molecule has 1 aliphatic rings. The van der Waals surface area contributed by atoms with E-state index in [0.29, 0.717) is 31.5 Å². The van der Waals surface area contributed by atoms with Gasteiger partial charge >= 0.3 is 0 Å². The monoisotopic (exact) mass is 426 g/mol. The number of nitrogens with zero attached hydrogens (tertiary/aromatic N) is 4. The van der Waals surface area contributed by atoms with E-state index >= 15 is 0 Å². The average Bonchev–Trinajstić information content (AvgIpc) is 3.55. The molecule has 0 aliphatic carbocycles. The molecule has 0 N–H and O–H groups in total. The van der Waals surface area contributed by atoms with Crippen molar-refractivity contribution < 1.29 is 13.9 Å². The van der Waals surface area contributed by atoms with E-state index in [0.717, 1.165) is 36.4 Å². The molecule has 0 bridgehead atoms. The van der Waals surface area contributed by atoms with Crippen LogP contribution in [0.2, 0.25) is 0 Å². The van der Waals surface area contributed by atoms with E-state index in [1.54, 1.807) is 18.4 Å². The number of methoxy groups -OCH3 is 1. The zero-order valence-corrected chi connectivity index (χ0v) is 17.9. The smallest absolute Gasteiger partial charge is 0.257 e. The third-order valence-corrected chi connectivity index (χ3v) is 6.11. The van der Waals surface area contributed by atoms with E-state index in [2.05, 4.69) is 15.1 Å². The highest BCUT2D eigenvalue weighted by Gasteiger charge is 2.33. The first-order chi connectivity index (χ1) is 14.8. The van der Waals surface area contributed by atoms with Crippen molar-refractivity contribution in [1.29, 1.82) is 0 Å². The summed E-state index contributed by atoms with van der Waals surface area (Å²) in [6.45, 7) is 3.07. The van der Waals surface area contributed by atoms with Crippen molar-refractivity contribution in [1.82, 2.24) is 20.0 Å². The van der Waals surface area contributed by atoms with Crippen LogP contribution in [0.1, 0.15) is 30.3 Å². The number of likely N-dealkylation sites (tertiary alicyclic amines) is 1. The molecule has 7 nitrogen and oxygen atoms in total. The fraction of sp³-hybridized carbons (Fsp3) is 0.409. The first-order valence-electron chi connectivity index (χ1n) is 10.2. The van der Waals surface area contributed by atoms with Gasteiger partial charge in [-0.3, -0.25) is 9.69 Å². The second-order valence-corrected chi connectivity index (χ2v) is 8.23. The summed E-state index contributed by atoms with van der Waals surface area (Å²) in [4.78, 5) is 18.5. The molecule has 1 saturated heterocycles. The van der Waals surface area contributed by atoms with Gasteiger partial charge in [0.25, 0.3) is 5.89 Å². The van der Waals surface area contributed by atoms with E-state index < -0.39 is 6.04 Å². The molecule has 0 radical (unpaired) electrons. The molecule has 0 saturated carbocycles. The van der Waals surface area contributed by atoms with E-state index in [4.69, 9.17) is 9.15 Å². The first kappa shape index (κ1) is 20.7. The number of rotatable bonds is 9. The molecule has 1 atom stereocenters. The Morgan fingerprint density at radius 3 is 2.70 bits per heavy atom. The van der Waals surface area contributed by atoms with Crippen LogP contribution in [-0.2, 0) is 16.1 Å². The number of aromatic nitrogens is 2. The highest BCUT2D eigenvalue weighted by molar-refractivity contribution is 7.13. The Balaban J connectivity index is 1.62.